The van der Waals surface area contributed by atoms with Gasteiger partial charge >= 0.3 is 0 Å². The highest BCUT2D eigenvalue weighted by Crippen LogP contribution is 2.18. The first-order chi connectivity index (χ1) is 18.1. The average molecular weight is 546 g/mol. The fourth-order valence-corrected chi connectivity index (χ4v) is 3.66. The zero-order chi connectivity index (χ0) is 29.7. The van der Waals surface area contributed by atoms with E-state index in [1.165, 1.54) is 13.8 Å². The molecule has 1 aromatic rings. The van der Waals surface area contributed by atoms with Crippen molar-refractivity contribution in [3.8, 4) is 0 Å². The Morgan fingerprint density at radius 3 is 1.82 bits per heavy atom. The van der Waals surface area contributed by atoms with Gasteiger partial charge in [0.25, 0.3) is 0 Å². The van der Waals surface area contributed by atoms with Gasteiger partial charge in [0.15, 0.2) is 0 Å². The maximum Gasteiger partial charge on any atom is 0.242 e. The molecule has 1 aromatic carbocycles. The summed E-state index contributed by atoms with van der Waals surface area (Å²) in [5.74, 6) is -0.441. The molecule has 0 fully saturated rings. The van der Waals surface area contributed by atoms with Gasteiger partial charge in [0.05, 0.1) is 11.1 Å². The summed E-state index contributed by atoms with van der Waals surface area (Å²) in [6.07, 6.45) is 3.15. The van der Waals surface area contributed by atoms with Crippen molar-refractivity contribution in [2.45, 2.75) is 97.7 Å². The molecular formula is C30H51N5O4. The number of carbonyl (C=O) groups is 4. The molecule has 39 heavy (non-hydrogen) atoms. The fourth-order valence-electron chi connectivity index (χ4n) is 3.66. The number of rotatable bonds is 19. The Morgan fingerprint density at radius 1 is 0.795 bits per heavy atom. The number of nitrogens with two attached hydrogens (primary N) is 1. The lowest BCUT2D eigenvalue weighted by Gasteiger charge is -2.37. The van der Waals surface area contributed by atoms with Crippen molar-refractivity contribution < 1.29 is 19.2 Å². The van der Waals surface area contributed by atoms with Gasteiger partial charge in [0, 0.05) is 37.9 Å². The first-order valence-corrected chi connectivity index (χ1v) is 13.9. The van der Waals surface area contributed by atoms with Crippen molar-refractivity contribution in [2.24, 2.45) is 11.1 Å². The van der Waals surface area contributed by atoms with E-state index < -0.39 is 22.5 Å². The van der Waals surface area contributed by atoms with Gasteiger partial charge in [-0.1, -0.05) is 43.7 Å². The summed E-state index contributed by atoms with van der Waals surface area (Å²) in [5.41, 5.74) is 4.46. The van der Waals surface area contributed by atoms with Gasteiger partial charge in [-0.15, -0.1) is 0 Å². The molecule has 9 nitrogen and oxygen atoms in total. The molecule has 2 amide bonds. The number of hydrogen-bond donors (Lipinski definition) is 5. The quantitative estimate of drug-likeness (QED) is 0.168. The molecule has 0 aromatic heterocycles. The monoisotopic (exact) mass is 545 g/mol. The van der Waals surface area contributed by atoms with Crippen LogP contribution in [0, 0.1) is 5.41 Å². The number of unbranched alkanes of at least 4 members (excludes halogenated alkanes) is 2. The van der Waals surface area contributed by atoms with Crippen LogP contribution in [0.5, 0.6) is 0 Å². The second-order valence-corrected chi connectivity index (χ2v) is 12.0. The predicted octanol–water partition coefficient (Wildman–Crippen LogP) is 2.27. The van der Waals surface area contributed by atoms with Crippen molar-refractivity contribution in [1.29, 1.82) is 0 Å². The van der Waals surface area contributed by atoms with Crippen LogP contribution in [-0.4, -0.2) is 66.7 Å². The first-order valence-electron chi connectivity index (χ1n) is 13.9. The van der Waals surface area contributed by atoms with Gasteiger partial charge in [-0.2, -0.15) is 0 Å². The van der Waals surface area contributed by atoms with Crippen LogP contribution in [-0.2, 0) is 25.6 Å². The number of ketones is 2. The Kier molecular flexibility index (Phi) is 14.0. The van der Waals surface area contributed by atoms with E-state index in [1.807, 2.05) is 65.0 Å². The lowest BCUT2D eigenvalue weighted by molar-refractivity contribution is -0.129. The number of benzene rings is 1. The molecule has 0 aliphatic heterocycles. The number of nitrogens with one attached hydrogen (secondary N) is 4. The van der Waals surface area contributed by atoms with Crippen molar-refractivity contribution in [2.75, 3.05) is 26.2 Å². The molecule has 0 aliphatic carbocycles. The molecule has 0 saturated carbocycles. The van der Waals surface area contributed by atoms with Crippen LogP contribution in [0.25, 0.3) is 0 Å². The van der Waals surface area contributed by atoms with E-state index in [0.29, 0.717) is 32.5 Å². The normalized spacial score (nSPS) is 13.0. The van der Waals surface area contributed by atoms with E-state index >= 15 is 0 Å². The van der Waals surface area contributed by atoms with E-state index in [9.17, 15) is 19.2 Å². The Hall–Kier alpha value is -2.62. The maximum absolute atomic E-state index is 13.4. The molecule has 0 saturated heterocycles. The van der Waals surface area contributed by atoms with Gasteiger partial charge in [-0.25, -0.2) is 0 Å². The molecule has 0 aliphatic rings. The third-order valence-corrected chi connectivity index (χ3v) is 7.41. The van der Waals surface area contributed by atoms with Crippen molar-refractivity contribution >= 4 is 23.4 Å². The van der Waals surface area contributed by atoms with Crippen LogP contribution in [0.3, 0.4) is 0 Å². The molecule has 0 radical (unpaired) electrons. The molecule has 1 atom stereocenters. The minimum absolute atomic E-state index is 0.00279. The second-order valence-electron chi connectivity index (χ2n) is 12.0. The van der Waals surface area contributed by atoms with Gasteiger partial charge in [-0.05, 0) is 66.5 Å². The van der Waals surface area contributed by atoms with Crippen LogP contribution in [0.2, 0.25) is 0 Å². The Bertz CT molecular complexity index is 916. The Morgan fingerprint density at radius 2 is 1.33 bits per heavy atom. The Balaban J connectivity index is 3.02. The molecule has 1 rings (SSSR count). The maximum atomic E-state index is 13.4. The van der Waals surface area contributed by atoms with E-state index in [-0.39, 0.29) is 29.9 Å². The lowest BCUT2D eigenvalue weighted by atomic mass is 9.86. The van der Waals surface area contributed by atoms with Crippen LogP contribution in [0.15, 0.2) is 30.3 Å². The number of carbonyl (C=O) groups excluding carboxylic acids is 4. The topological polar surface area (TPSA) is 142 Å². The zero-order valence-corrected chi connectivity index (χ0v) is 25.0. The molecule has 0 bridgehead atoms. The van der Waals surface area contributed by atoms with Crippen LogP contribution >= 0.6 is 0 Å². The number of amides is 2. The third kappa shape index (κ3) is 12.9. The molecule has 0 heterocycles. The van der Waals surface area contributed by atoms with E-state index in [2.05, 4.69) is 21.3 Å². The number of Topliss-reactive ketones (excluding diaryl/α,β-unsaturated/α-hetero) is 2. The van der Waals surface area contributed by atoms with Crippen molar-refractivity contribution in [1.82, 2.24) is 21.3 Å². The van der Waals surface area contributed by atoms with Crippen molar-refractivity contribution in [3.63, 3.8) is 0 Å². The summed E-state index contributed by atoms with van der Waals surface area (Å²) in [5, 5.41) is 12.6. The van der Waals surface area contributed by atoms with Gasteiger partial charge in [0.2, 0.25) is 11.8 Å². The van der Waals surface area contributed by atoms with E-state index in [1.54, 1.807) is 0 Å². The minimum Gasteiger partial charge on any atom is -0.354 e. The highest BCUT2D eigenvalue weighted by Gasteiger charge is 2.34. The van der Waals surface area contributed by atoms with E-state index in [0.717, 1.165) is 24.8 Å². The minimum atomic E-state index is -0.741. The predicted molar refractivity (Wildman–Crippen MR) is 156 cm³/mol. The summed E-state index contributed by atoms with van der Waals surface area (Å²) < 4.78 is 0. The first kappa shape index (κ1) is 34.4. The van der Waals surface area contributed by atoms with Crippen molar-refractivity contribution in [3.05, 3.63) is 35.9 Å². The summed E-state index contributed by atoms with van der Waals surface area (Å²) in [7, 11) is 0. The van der Waals surface area contributed by atoms with Crippen LogP contribution in [0.4, 0.5) is 0 Å². The van der Waals surface area contributed by atoms with Crippen LogP contribution in [0.1, 0.15) is 79.7 Å². The van der Waals surface area contributed by atoms with Crippen LogP contribution < -0.4 is 27.0 Å². The highest BCUT2D eigenvalue weighted by atomic mass is 16.2. The summed E-state index contributed by atoms with van der Waals surface area (Å²) in [6.45, 7) is 14.0. The number of hydrogen-bond acceptors (Lipinski definition) is 7. The molecular weight excluding hydrogens is 494 g/mol. The molecule has 6 N–H and O–H groups in total. The standard InChI is InChI=1S/C30H51N5O4/c1-22(36)28(3,4)33-20-30(7,21-34-29(5,6)23(2)37)19-32-27(39)25(18-24-14-10-8-11-15-24)35-26(38)16-12-9-13-17-31/h8,10-11,14-15,25,33-34H,9,12-13,16-21,31H2,1-7H3,(H,32,39)(H,35,38)/t25-/m1/s1. The third-order valence-electron chi connectivity index (χ3n) is 7.41. The van der Waals surface area contributed by atoms with Gasteiger partial charge < -0.3 is 27.0 Å². The second kappa shape index (κ2) is 15.8. The van der Waals surface area contributed by atoms with E-state index in [4.69, 9.17) is 5.73 Å². The molecule has 0 spiro atoms. The summed E-state index contributed by atoms with van der Waals surface area (Å²) >= 11 is 0. The molecule has 9 heteroatoms. The zero-order valence-electron chi connectivity index (χ0n) is 25.0. The molecule has 220 valence electrons. The summed E-state index contributed by atoms with van der Waals surface area (Å²) in [4.78, 5) is 50.3. The SMILES string of the molecule is CC(=O)C(C)(C)NCC(C)(CNC(=O)[C@@H](Cc1ccccc1)NC(=O)CCCCCN)CNC(C)(C)C(C)=O. The molecule has 0 unspecified atom stereocenters. The van der Waals surface area contributed by atoms with Gasteiger partial charge in [0.1, 0.15) is 17.6 Å². The fraction of sp³-hybridized carbons (Fsp3) is 0.667. The van der Waals surface area contributed by atoms with Gasteiger partial charge in [-0.3, -0.25) is 19.2 Å². The largest absolute Gasteiger partial charge is 0.354 e. The summed E-state index contributed by atoms with van der Waals surface area (Å²) in [6, 6.07) is 8.84. The lowest BCUT2D eigenvalue weighted by Crippen LogP contribution is -2.58. The average Bonchev–Trinajstić information content (AvgIpc) is 2.88. The smallest absolute Gasteiger partial charge is 0.242 e. The highest BCUT2D eigenvalue weighted by molar-refractivity contribution is 5.88. The Labute approximate surface area is 234 Å².